The summed E-state index contributed by atoms with van der Waals surface area (Å²) in [6.07, 6.45) is 6.80. The van der Waals surface area contributed by atoms with E-state index in [1.54, 1.807) is 13.0 Å². The molecule has 0 saturated heterocycles. The van der Waals surface area contributed by atoms with E-state index < -0.39 is 0 Å². The minimum absolute atomic E-state index is 0.289. The zero-order valence-corrected chi connectivity index (χ0v) is 10.6. The van der Waals surface area contributed by atoms with Gasteiger partial charge in [0.15, 0.2) is 0 Å². The summed E-state index contributed by atoms with van der Waals surface area (Å²) in [6, 6.07) is 8.28. The van der Waals surface area contributed by atoms with E-state index >= 15 is 0 Å². The molecular weight excluding hydrogens is 212 g/mol. The van der Waals surface area contributed by atoms with Crippen molar-refractivity contribution in [2.75, 3.05) is 6.61 Å². The minimum Gasteiger partial charge on any atom is -0.463 e. The van der Waals surface area contributed by atoms with Gasteiger partial charge in [-0.2, -0.15) is 0 Å². The molecule has 2 nitrogen and oxygen atoms in total. The van der Waals surface area contributed by atoms with Crippen LogP contribution < -0.4 is 0 Å². The number of esters is 1. The van der Waals surface area contributed by atoms with Crippen LogP contribution in [0.1, 0.15) is 37.8 Å². The largest absolute Gasteiger partial charge is 0.463 e. The Morgan fingerprint density at radius 2 is 1.94 bits per heavy atom. The first kappa shape index (κ1) is 13.5. The van der Waals surface area contributed by atoms with Gasteiger partial charge in [-0.25, -0.2) is 4.79 Å². The standard InChI is InChI=1S/C15H20O2/c1-3-5-6-13-7-9-14(10-8-13)11-12-15(16)17-4-2/h7-12H,3-6H2,1-2H3/b12-11+. The number of rotatable bonds is 6. The SMILES string of the molecule is CCCCc1ccc(/C=C/C(=O)OCC)cc1. The molecule has 0 bridgehead atoms. The van der Waals surface area contributed by atoms with Crippen LogP contribution >= 0.6 is 0 Å². The number of hydrogen-bond donors (Lipinski definition) is 0. The molecule has 0 amide bonds. The van der Waals surface area contributed by atoms with Crippen LogP contribution in [-0.4, -0.2) is 12.6 Å². The maximum Gasteiger partial charge on any atom is 0.330 e. The van der Waals surface area contributed by atoms with Gasteiger partial charge in [0.25, 0.3) is 0 Å². The molecule has 0 heterocycles. The molecule has 2 heteroatoms. The molecule has 1 aromatic rings. The molecule has 17 heavy (non-hydrogen) atoms. The Bertz CT molecular complexity index is 363. The van der Waals surface area contributed by atoms with Crippen molar-refractivity contribution in [3.63, 3.8) is 0 Å². The van der Waals surface area contributed by atoms with E-state index in [0.717, 1.165) is 12.0 Å². The molecule has 0 aliphatic rings. The van der Waals surface area contributed by atoms with E-state index in [0.29, 0.717) is 6.61 Å². The van der Waals surface area contributed by atoms with E-state index in [2.05, 4.69) is 19.1 Å². The summed E-state index contributed by atoms with van der Waals surface area (Å²) < 4.78 is 4.81. The van der Waals surface area contributed by atoms with Gasteiger partial charge in [-0.1, -0.05) is 37.6 Å². The highest BCUT2D eigenvalue weighted by molar-refractivity contribution is 5.86. The van der Waals surface area contributed by atoms with E-state index in [1.807, 2.05) is 12.1 Å². The number of carbonyl (C=O) groups is 1. The van der Waals surface area contributed by atoms with Crippen molar-refractivity contribution in [2.24, 2.45) is 0 Å². The smallest absolute Gasteiger partial charge is 0.330 e. The maximum absolute atomic E-state index is 11.1. The molecular formula is C15H20O2. The molecule has 0 saturated carbocycles. The average molecular weight is 232 g/mol. The van der Waals surface area contributed by atoms with Gasteiger partial charge >= 0.3 is 5.97 Å². The van der Waals surface area contributed by atoms with Crippen LogP contribution in [0.5, 0.6) is 0 Å². The third-order valence-electron chi connectivity index (χ3n) is 2.50. The summed E-state index contributed by atoms with van der Waals surface area (Å²) in [4.78, 5) is 11.1. The molecule has 0 radical (unpaired) electrons. The van der Waals surface area contributed by atoms with Crippen molar-refractivity contribution in [1.82, 2.24) is 0 Å². The lowest BCUT2D eigenvalue weighted by atomic mass is 10.1. The Balaban J connectivity index is 2.53. The van der Waals surface area contributed by atoms with E-state index in [9.17, 15) is 4.79 Å². The normalized spacial score (nSPS) is 10.7. The predicted molar refractivity (Wildman–Crippen MR) is 70.7 cm³/mol. The first-order chi connectivity index (χ1) is 8.26. The highest BCUT2D eigenvalue weighted by Crippen LogP contribution is 2.09. The summed E-state index contributed by atoms with van der Waals surface area (Å²) in [7, 11) is 0. The molecule has 0 aliphatic heterocycles. The lowest BCUT2D eigenvalue weighted by Gasteiger charge is -2.00. The fraction of sp³-hybridized carbons (Fsp3) is 0.400. The number of unbranched alkanes of at least 4 members (excludes halogenated alkanes) is 1. The molecule has 1 aromatic carbocycles. The quantitative estimate of drug-likeness (QED) is 0.553. The summed E-state index contributed by atoms with van der Waals surface area (Å²) in [5.41, 5.74) is 2.37. The van der Waals surface area contributed by atoms with Crippen LogP contribution in [0.3, 0.4) is 0 Å². The predicted octanol–water partition coefficient (Wildman–Crippen LogP) is 3.61. The van der Waals surface area contributed by atoms with Crippen molar-refractivity contribution in [1.29, 1.82) is 0 Å². The van der Waals surface area contributed by atoms with Crippen LogP contribution in [0, 0.1) is 0 Å². The number of ether oxygens (including phenoxy) is 1. The van der Waals surface area contributed by atoms with Crippen molar-refractivity contribution >= 4 is 12.0 Å². The molecule has 0 unspecified atom stereocenters. The number of benzene rings is 1. The van der Waals surface area contributed by atoms with Gasteiger partial charge in [0.05, 0.1) is 6.61 Å². The summed E-state index contributed by atoms with van der Waals surface area (Å²) >= 11 is 0. The molecule has 0 fully saturated rings. The van der Waals surface area contributed by atoms with E-state index in [-0.39, 0.29) is 5.97 Å². The third kappa shape index (κ3) is 5.34. The Hall–Kier alpha value is -1.57. The lowest BCUT2D eigenvalue weighted by molar-refractivity contribution is -0.137. The second-order valence-electron chi connectivity index (χ2n) is 3.93. The monoisotopic (exact) mass is 232 g/mol. The van der Waals surface area contributed by atoms with Gasteiger partial charge in [0, 0.05) is 6.08 Å². The number of aryl methyl sites for hydroxylation is 1. The van der Waals surface area contributed by atoms with Gasteiger partial charge in [0.2, 0.25) is 0 Å². The Kier molecular flexibility index (Phi) is 6.08. The highest BCUT2D eigenvalue weighted by Gasteiger charge is 1.95. The summed E-state index contributed by atoms with van der Waals surface area (Å²) in [6.45, 7) is 4.41. The van der Waals surface area contributed by atoms with Crippen LogP contribution in [-0.2, 0) is 16.0 Å². The minimum atomic E-state index is -0.289. The fourth-order valence-corrected chi connectivity index (χ4v) is 1.53. The molecule has 0 spiro atoms. The van der Waals surface area contributed by atoms with Crippen LogP contribution in [0.4, 0.5) is 0 Å². The topological polar surface area (TPSA) is 26.3 Å². The van der Waals surface area contributed by atoms with Crippen molar-refractivity contribution in [3.8, 4) is 0 Å². The first-order valence-electron chi connectivity index (χ1n) is 6.20. The van der Waals surface area contributed by atoms with E-state index in [1.165, 1.54) is 24.5 Å². The van der Waals surface area contributed by atoms with Crippen molar-refractivity contribution in [3.05, 3.63) is 41.5 Å². The lowest BCUT2D eigenvalue weighted by Crippen LogP contribution is -1.98. The van der Waals surface area contributed by atoms with E-state index in [4.69, 9.17) is 4.74 Å². The molecule has 0 aliphatic carbocycles. The Labute approximate surface area is 103 Å². The Morgan fingerprint density at radius 1 is 1.24 bits per heavy atom. The molecule has 0 N–H and O–H groups in total. The highest BCUT2D eigenvalue weighted by atomic mass is 16.5. The van der Waals surface area contributed by atoms with Gasteiger partial charge < -0.3 is 4.74 Å². The first-order valence-corrected chi connectivity index (χ1v) is 6.20. The van der Waals surface area contributed by atoms with Crippen molar-refractivity contribution < 1.29 is 9.53 Å². The summed E-state index contributed by atoms with van der Waals surface area (Å²) in [5, 5.41) is 0. The average Bonchev–Trinajstić information content (AvgIpc) is 2.35. The molecule has 0 aromatic heterocycles. The summed E-state index contributed by atoms with van der Waals surface area (Å²) in [5.74, 6) is -0.289. The number of carbonyl (C=O) groups excluding carboxylic acids is 1. The van der Waals surface area contributed by atoms with Gasteiger partial charge in [-0.05, 0) is 37.0 Å². The second kappa shape index (κ2) is 7.66. The zero-order valence-electron chi connectivity index (χ0n) is 10.6. The molecule has 0 atom stereocenters. The van der Waals surface area contributed by atoms with Gasteiger partial charge in [-0.3, -0.25) is 0 Å². The van der Waals surface area contributed by atoms with Crippen LogP contribution in [0.25, 0.3) is 6.08 Å². The second-order valence-corrected chi connectivity index (χ2v) is 3.93. The fourth-order valence-electron chi connectivity index (χ4n) is 1.53. The van der Waals surface area contributed by atoms with Crippen LogP contribution in [0.15, 0.2) is 30.3 Å². The van der Waals surface area contributed by atoms with Crippen molar-refractivity contribution in [2.45, 2.75) is 33.1 Å². The molecule has 92 valence electrons. The zero-order chi connectivity index (χ0) is 12.5. The number of hydrogen-bond acceptors (Lipinski definition) is 2. The van der Waals surface area contributed by atoms with Crippen LogP contribution in [0.2, 0.25) is 0 Å². The van der Waals surface area contributed by atoms with Gasteiger partial charge in [0.1, 0.15) is 0 Å². The molecule has 1 rings (SSSR count). The third-order valence-corrected chi connectivity index (χ3v) is 2.50. The Morgan fingerprint density at radius 3 is 2.53 bits per heavy atom. The van der Waals surface area contributed by atoms with Gasteiger partial charge in [-0.15, -0.1) is 0 Å². The maximum atomic E-state index is 11.1.